The zero-order valence-corrected chi connectivity index (χ0v) is 6.17. The molecule has 0 aromatic rings. The Kier molecular flexibility index (Phi) is 5.97. The van der Waals surface area contributed by atoms with E-state index >= 15 is 0 Å². The van der Waals surface area contributed by atoms with Gasteiger partial charge in [-0.05, 0) is 0 Å². The lowest BCUT2D eigenvalue weighted by atomic mass is 10.3. The van der Waals surface area contributed by atoms with Gasteiger partial charge in [-0.3, -0.25) is 0 Å². The van der Waals surface area contributed by atoms with Crippen molar-refractivity contribution >= 4 is 0 Å². The van der Waals surface area contributed by atoms with Gasteiger partial charge in [0.05, 0.1) is 6.10 Å². The lowest BCUT2D eigenvalue weighted by molar-refractivity contribution is 0.00893. The topological polar surface area (TPSA) is 29.5 Å². The molecule has 0 aromatic carbocycles. The van der Waals surface area contributed by atoms with Gasteiger partial charge in [0.2, 0.25) is 0 Å². The van der Waals surface area contributed by atoms with E-state index < -0.39 is 19.1 Å². The van der Waals surface area contributed by atoms with Crippen LogP contribution in [0.25, 0.3) is 0 Å². The number of hydrogen-bond donors (Lipinski definition) is 1. The minimum atomic E-state index is -2.43. The van der Waals surface area contributed by atoms with E-state index in [-0.39, 0.29) is 6.61 Å². The zero-order chi connectivity index (χ0) is 8.69. The molecule has 4 heteroatoms. The summed E-state index contributed by atoms with van der Waals surface area (Å²) in [6.07, 6.45) is -1.44. The van der Waals surface area contributed by atoms with Gasteiger partial charge in [0.15, 0.2) is 0 Å². The van der Waals surface area contributed by atoms with Gasteiger partial charge in [0.25, 0.3) is 6.43 Å². The second kappa shape index (κ2) is 6.24. The van der Waals surface area contributed by atoms with Crippen molar-refractivity contribution in [2.75, 3.05) is 13.2 Å². The summed E-state index contributed by atoms with van der Waals surface area (Å²) in [5, 5.41) is 8.84. The first-order valence-corrected chi connectivity index (χ1v) is 3.33. The van der Waals surface area contributed by atoms with Crippen LogP contribution in [-0.2, 0) is 4.74 Å². The summed E-state index contributed by atoms with van der Waals surface area (Å²) >= 11 is 0. The molecule has 0 amide bonds. The van der Waals surface area contributed by atoms with Crippen molar-refractivity contribution in [2.45, 2.75) is 19.0 Å². The van der Waals surface area contributed by atoms with Crippen LogP contribution in [-0.4, -0.2) is 30.8 Å². The fourth-order valence-electron chi connectivity index (χ4n) is 0.494. The van der Waals surface area contributed by atoms with Crippen molar-refractivity contribution in [2.24, 2.45) is 0 Å². The van der Waals surface area contributed by atoms with Crippen molar-refractivity contribution in [1.29, 1.82) is 0 Å². The third-order valence-corrected chi connectivity index (χ3v) is 1.07. The van der Waals surface area contributed by atoms with Crippen molar-refractivity contribution in [1.82, 2.24) is 0 Å². The van der Waals surface area contributed by atoms with Crippen LogP contribution in [0.4, 0.5) is 8.78 Å². The Morgan fingerprint density at radius 2 is 2.18 bits per heavy atom. The molecule has 0 radical (unpaired) electrons. The number of aliphatic hydroxyl groups is 1. The molecule has 66 valence electrons. The quantitative estimate of drug-likeness (QED) is 0.474. The number of halogens is 2. The van der Waals surface area contributed by atoms with Crippen LogP contribution in [0.5, 0.6) is 0 Å². The van der Waals surface area contributed by atoms with Gasteiger partial charge in [-0.25, -0.2) is 8.78 Å². The van der Waals surface area contributed by atoms with Crippen molar-refractivity contribution in [3.63, 3.8) is 0 Å². The Morgan fingerprint density at radius 3 is 2.64 bits per heavy atom. The fourth-order valence-corrected chi connectivity index (χ4v) is 0.494. The van der Waals surface area contributed by atoms with Crippen molar-refractivity contribution < 1.29 is 18.6 Å². The predicted molar refractivity (Wildman–Crippen MR) is 37.6 cm³/mol. The van der Waals surface area contributed by atoms with E-state index in [0.29, 0.717) is 6.42 Å². The minimum Gasteiger partial charge on any atom is -0.389 e. The molecule has 1 atom stereocenters. The second-order valence-electron chi connectivity index (χ2n) is 2.06. The summed E-state index contributed by atoms with van der Waals surface area (Å²) in [5.74, 6) is 0. The summed E-state index contributed by atoms with van der Waals surface area (Å²) in [7, 11) is 0. The van der Waals surface area contributed by atoms with Crippen LogP contribution in [0.1, 0.15) is 6.42 Å². The minimum absolute atomic E-state index is 0.136. The van der Waals surface area contributed by atoms with E-state index in [1.807, 2.05) is 0 Å². The normalized spacial score (nSPS) is 13.5. The summed E-state index contributed by atoms with van der Waals surface area (Å²) in [6.45, 7) is 2.89. The van der Waals surface area contributed by atoms with Crippen molar-refractivity contribution in [3.8, 4) is 0 Å². The van der Waals surface area contributed by atoms with E-state index in [2.05, 4.69) is 11.3 Å². The average molecular weight is 166 g/mol. The molecular formula is C7H12F2O2. The molecule has 0 bridgehead atoms. The summed E-state index contributed by atoms with van der Waals surface area (Å²) < 4.78 is 27.4. The summed E-state index contributed by atoms with van der Waals surface area (Å²) in [4.78, 5) is 0. The fraction of sp³-hybridized carbons (Fsp3) is 0.714. The van der Waals surface area contributed by atoms with Gasteiger partial charge in [0, 0.05) is 13.0 Å². The monoisotopic (exact) mass is 166 g/mol. The first kappa shape index (κ1) is 10.5. The molecule has 1 unspecified atom stereocenters. The van der Waals surface area contributed by atoms with E-state index in [0.717, 1.165) is 0 Å². The highest BCUT2D eigenvalue weighted by molar-refractivity contribution is 4.77. The van der Waals surface area contributed by atoms with Crippen LogP contribution in [0.15, 0.2) is 12.7 Å². The Bertz CT molecular complexity index is 107. The summed E-state index contributed by atoms with van der Waals surface area (Å²) in [5.41, 5.74) is 0. The first-order valence-electron chi connectivity index (χ1n) is 3.33. The predicted octanol–water partition coefficient (Wildman–Crippen LogP) is 1.21. The SMILES string of the molecule is C=CC(O)CCOCC(F)F. The van der Waals surface area contributed by atoms with Gasteiger partial charge >= 0.3 is 0 Å². The highest BCUT2D eigenvalue weighted by Gasteiger charge is 2.02. The van der Waals surface area contributed by atoms with Crippen molar-refractivity contribution in [3.05, 3.63) is 12.7 Å². The molecule has 1 N–H and O–H groups in total. The molecule has 0 saturated heterocycles. The summed E-state index contributed by atoms with van der Waals surface area (Å²) in [6, 6.07) is 0. The van der Waals surface area contributed by atoms with Gasteiger partial charge in [-0.15, -0.1) is 6.58 Å². The molecule has 0 aliphatic carbocycles. The number of hydrogen-bond acceptors (Lipinski definition) is 2. The molecule has 0 aromatic heterocycles. The molecular weight excluding hydrogens is 154 g/mol. The number of aliphatic hydroxyl groups excluding tert-OH is 1. The van der Waals surface area contributed by atoms with E-state index in [1.165, 1.54) is 6.08 Å². The molecule has 0 heterocycles. The Hall–Kier alpha value is -0.480. The number of rotatable bonds is 6. The lowest BCUT2D eigenvalue weighted by Gasteiger charge is -2.05. The molecule has 2 nitrogen and oxygen atoms in total. The molecule has 0 aliphatic rings. The van der Waals surface area contributed by atoms with Gasteiger partial charge in [-0.1, -0.05) is 6.08 Å². The van der Waals surface area contributed by atoms with Crippen LogP contribution < -0.4 is 0 Å². The van der Waals surface area contributed by atoms with Crippen LogP contribution in [0.2, 0.25) is 0 Å². The second-order valence-corrected chi connectivity index (χ2v) is 2.06. The Balaban J connectivity index is 3.07. The van der Waals surface area contributed by atoms with Gasteiger partial charge in [-0.2, -0.15) is 0 Å². The smallest absolute Gasteiger partial charge is 0.261 e. The zero-order valence-electron chi connectivity index (χ0n) is 6.17. The maximum atomic E-state index is 11.4. The third-order valence-electron chi connectivity index (χ3n) is 1.07. The molecule has 11 heavy (non-hydrogen) atoms. The maximum absolute atomic E-state index is 11.4. The van der Waals surface area contributed by atoms with E-state index in [9.17, 15) is 8.78 Å². The number of alkyl halides is 2. The number of ether oxygens (including phenoxy) is 1. The molecule has 0 spiro atoms. The van der Waals surface area contributed by atoms with Crippen LogP contribution in [0, 0.1) is 0 Å². The maximum Gasteiger partial charge on any atom is 0.261 e. The molecule has 0 rings (SSSR count). The Morgan fingerprint density at radius 1 is 1.55 bits per heavy atom. The van der Waals surface area contributed by atoms with E-state index in [4.69, 9.17) is 5.11 Å². The lowest BCUT2D eigenvalue weighted by Crippen LogP contribution is -2.10. The highest BCUT2D eigenvalue weighted by Crippen LogP contribution is 1.96. The highest BCUT2D eigenvalue weighted by atomic mass is 19.3. The molecule has 0 fully saturated rings. The van der Waals surface area contributed by atoms with Crippen LogP contribution in [0.3, 0.4) is 0 Å². The van der Waals surface area contributed by atoms with Crippen LogP contribution >= 0.6 is 0 Å². The standard InChI is InChI=1S/C7H12F2O2/c1-2-6(10)3-4-11-5-7(8)9/h2,6-7,10H,1,3-5H2. The van der Waals surface area contributed by atoms with E-state index in [1.54, 1.807) is 0 Å². The molecule has 0 saturated carbocycles. The average Bonchev–Trinajstić information content (AvgIpc) is 1.97. The molecule has 0 aliphatic heterocycles. The van der Waals surface area contributed by atoms with Gasteiger partial charge < -0.3 is 9.84 Å². The largest absolute Gasteiger partial charge is 0.389 e. The third kappa shape index (κ3) is 7.42. The van der Waals surface area contributed by atoms with Gasteiger partial charge in [0.1, 0.15) is 6.61 Å². The first-order chi connectivity index (χ1) is 5.16. The Labute approximate surface area is 64.5 Å².